The quantitative estimate of drug-likeness (QED) is 0.810. The molecular formula is C16H35NO. The SMILES string of the molecule is C.CC(C)(C)CC(NC(C)(C)C)C(=O)C(C)(C)C. The van der Waals surface area contributed by atoms with Crippen LogP contribution in [-0.4, -0.2) is 17.4 Å². The predicted molar refractivity (Wildman–Crippen MR) is 81.9 cm³/mol. The lowest BCUT2D eigenvalue weighted by atomic mass is 9.79. The summed E-state index contributed by atoms with van der Waals surface area (Å²) >= 11 is 0. The van der Waals surface area contributed by atoms with Gasteiger partial charge in [0.05, 0.1) is 6.04 Å². The zero-order valence-corrected chi connectivity index (χ0v) is 13.2. The summed E-state index contributed by atoms with van der Waals surface area (Å²) in [6.07, 6.45) is 0.875. The van der Waals surface area contributed by atoms with Gasteiger partial charge in [-0.15, -0.1) is 0 Å². The van der Waals surface area contributed by atoms with Gasteiger partial charge < -0.3 is 5.32 Å². The number of carbonyl (C=O) groups is 1. The molecule has 0 heterocycles. The van der Waals surface area contributed by atoms with Gasteiger partial charge in [0.2, 0.25) is 0 Å². The highest BCUT2D eigenvalue weighted by Gasteiger charge is 2.34. The molecule has 0 aliphatic rings. The Morgan fingerprint density at radius 2 is 1.33 bits per heavy atom. The molecule has 0 spiro atoms. The molecule has 18 heavy (non-hydrogen) atoms. The lowest BCUT2D eigenvalue weighted by Gasteiger charge is -2.35. The van der Waals surface area contributed by atoms with Crippen molar-refractivity contribution in [3.05, 3.63) is 0 Å². The Bertz CT molecular complexity index is 244. The first kappa shape index (κ1) is 20.0. The van der Waals surface area contributed by atoms with Crippen LogP contribution in [0.2, 0.25) is 0 Å². The molecule has 0 amide bonds. The normalized spacial score (nSPS) is 14.9. The average molecular weight is 257 g/mol. The van der Waals surface area contributed by atoms with Crippen LogP contribution in [0.4, 0.5) is 0 Å². The van der Waals surface area contributed by atoms with Crippen LogP contribution in [0.25, 0.3) is 0 Å². The van der Waals surface area contributed by atoms with Crippen molar-refractivity contribution < 1.29 is 4.79 Å². The number of nitrogens with one attached hydrogen (secondary N) is 1. The van der Waals surface area contributed by atoms with Crippen LogP contribution in [0.1, 0.15) is 76.2 Å². The molecule has 0 bridgehead atoms. The average Bonchev–Trinajstić information content (AvgIpc) is 1.94. The highest BCUT2D eigenvalue weighted by molar-refractivity contribution is 5.88. The van der Waals surface area contributed by atoms with Gasteiger partial charge in [0, 0.05) is 11.0 Å². The van der Waals surface area contributed by atoms with Crippen molar-refractivity contribution in [2.75, 3.05) is 0 Å². The summed E-state index contributed by atoms with van der Waals surface area (Å²) in [7, 11) is 0. The Morgan fingerprint density at radius 1 is 0.944 bits per heavy atom. The molecule has 0 fully saturated rings. The third-order valence-electron chi connectivity index (χ3n) is 2.48. The van der Waals surface area contributed by atoms with E-state index in [2.05, 4.69) is 46.9 Å². The van der Waals surface area contributed by atoms with Gasteiger partial charge in [-0.25, -0.2) is 0 Å². The van der Waals surface area contributed by atoms with E-state index in [1.807, 2.05) is 20.8 Å². The number of carbonyl (C=O) groups excluding carboxylic acids is 1. The Kier molecular flexibility index (Phi) is 6.86. The minimum absolute atomic E-state index is 0. The van der Waals surface area contributed by atoms with E-state index in [4.69, 9.17) is 0 Å². The molecular weight excluding hydrogens is 222 g/mol. The summed E-state index contributed by atoms with van der Waals surface area (Å²) in [5.74, 6) is 0.308. The predicted octanol–water partition coefficient (Wildman–Crippen LogP) is 4.43. The summed E-state index contributed by atoms with van der Waals surface area (Å²) in [6, 6.07) is -0.0602. The van der Waals surface area contributed by atoms with E-state index in [0.717, 1.165) is 6.42 Å². The number of hydrogen-bond acceptors (Lipinski definition) is 2. The van der Waals surface area contributed by atoms with Gasteiger partial charge in [-0.1, -0.05) is 49.0 Å². The zero-order chi connectivity index (χ0) is 14.1. The number of hydrogen-bond donors (Lipinski definition) is 1. The zero-order valence-electron chi connectivity index (χ0n) is 13.2. The molecule has 0 aliphatic carbocycles. The van der Waals surface area contributed by atoms with E-state index in [0.29, 0.717) is 5.78 Å². The highest BCUT2D eigenvalue weighted by atomic mass is 16.1. The Morgan fingerprint density at radius 3 is 1.56 bits per heavy atom. The maximum atomic E-state index is 12.5. The number of Topliss-reactive ketones (excluding diaryl/α,β-unsaturated/α-hetero) is 1. The molecule has 0 saturated heterocycles. The van der Waals surface area contributed by atoms with Crippen LogP contribution in [0.15, 0.2) is 0 Å². The summed E-state index contributed by atoms with van der Waals surface area (Å²) in [5.41, 5.74) is -0.158. The summed E-state index contributed by atoms with van der Waals surface area (Å²) in [4.78, 5) is 12.5. The van der Waals surface area contributed by atoms with Crippen molar-refractivity contribution in [2.45, 2.75) is 87.7 Å². The van der Waals surface area contributed by atoms with Crippen molar-refractivity contribution in [1.29, 1.82) is 0 Å². The third kappa shape index (κ3) is 8.68. The van der Waals surface area contributed by atoms with Gasteiger partial charge in [0.25, 0.3) is 0 Å². The summed E-state index contributed by atoms with van der Waals surface area (Å²) in [6.45, 7) is 18.9. The van der Waals surface area contributed by atoms with Crippen molar-refractivity contribution in [3.8, 4) is 0 Å². The van der Waals surface area contributed by atoms with E-state index < -0.39 is 0 Å². The van der Waals surface area contributed by atoms with Crippen molar-refractivity contribution >= 4 is 5.78 Å². The standard InChI is InChI=1S/C15H31NO.CH4/c1-13(2,3)10-11(16-15(7,8)9)12(17)14(4,5)6;/h11,16H,10H2,1-9H3;1H4. The maximum absolute atomic E-state index is 12.5. The topological polar surface area (TPSA) is 29.1 Å². The van der Waals surface area contributed by atoms with Crippen molar-refractivity contribution in [3.63, 3.8) is 0 Å². The monoisotopic (exact) mass is 257 g/mol. The maximum Gasteiger partial charge on any atom is 0.155 e. The molecule has 0 aromatic heterocycles. The van der Waals surface area contributed by atoms with E-state index >= 15 is 0 Å². The first-order chi connectivity index (χ1) is 7.22. The molecule has 0 aromatic rings. The molecule has 1 N–H and O–H groups in total. The molecule has 2 nitrogen and oxygen atoms in total. The molecule has 0 aliphatic heterocycles. The molecule has 1 atom stereocenters. The summed E-state index contributed by atoms with van der Waals surface area (Å²) < 4.78 is 0. The minimum Gasteiger partial charge on any atom is -0.303 e. The van der Waals surface area contributed by atoms with Crippen LogP contribution in [0, 0.1) is 10.8 Å². The fraction of sp³-hybridized carbons (Fsp3) is 0.938. The van der Waals surface area contributed by atoms with Gasteiger partial charge in [-0.2, -0.15) is 0 Å². The Hall–Kier alpha value is -0.370. The molecule has 2 heteroatoms. The fourth-order valence-corrected chi connectivity index (χ4v) is 1.87. The van der Waals surface area contributed by atoms with Crippen LogP contribution < -0.4 is 5.32 Å². The van der Waals surface area contributed by atoms with Crippen LogP contribution in [-0.2, 0) is 4.79 Å². The fourth-order valence-electron chi connectivity index (χ4n) is 1.87. The van der Waals surface area contributed by atoms with Crippen LogP contribution in [0.5, 0.6) is 0 Å². The second-order valence-electron chi connectivity index (χ2n) is 8.33. The van der Waals surface area contributed by atoms with Gasteiger partial charge in [-0.05, 0) is 32.6 Å². The lowest BCUT2D eigenvalue weighted by molar-refractivity contribution is -0.129. The van der Waals surface area contributed by atoms with E-state index in [1.165, 1.54) is 0 Å². The van der Waals surface area contributed by atoms with E-state index in [1.54, 1.807) is 0 Å². The third-order valence-corrected chi connectivity index (χ3v) is 2.48. The van der Waals surface area contributed by atoms with Crippen molar-refractivity contribution in [2.24, 2.45) is 10.8 Å². The second-order valence-corrected chi connectivity index (χ2v) is 8.33. The van der Waals surface area contributed by atoms with Crippen molar-refractivity contribution in [1.82, 2.24) is 5.32 Å². The molecule has 0 saturated carbocycles. The van der Waals surface area contributed by atoms with Gasteiger partial charge in [0.15, 0.2) is 5.78 Å². The minimum atomic E-state index is -0.284. The van der Waals surface area contributed by atoms with E-state index in [-0.39, 0.29) is 29.8 Å². The first-order valence-corrected chi connectivity index (χ1v) is 6.54. The van der Waals surface area contributed by atoms with E-state index in [9.17, 15) is 4.79 Å². The molecule has 0 aromatic carbocycles. The highest BCUT2D eigenvalue weighted by Crippen LogP contribution is 2.27. The van der Waals surface area contributed by atoms with Gasteiger partial charge >= 0.3 is 0 Å². The van der Waals surface area contributed by atoms with Crippen LogP contribution >= 0.6 is 0 Å². The molecule has 110 valence electrons. The summed E-state index contributed by atoms with van der Waals surface area (Å²) in [5, 5.41) is 3.47. The molecule has 1 unspecified atom stereocenters. The smallest absolute Gasteiger partial charge is 0.155 e. The second kappa shape index (κ2) is 6.18. The largest absolute Gasteiger partial charge is 0.303 e. The lowest BCUT2D eigenvalue weighted by Crippen LogP contribution is -2.52. The van der Waals surface area contributed by atoms with Crippen LogP contribution in [0.3, 0.4) is 0 Å². The number of rotatable bonds is 3. The van der Waals surface area contributed by atoms with Gasteiger partial charge in [0.1, 0.15) is 0 Å². The Labute approximate surface area is 115 Å². The molecule has 0 radical (unpaired) electrons. The molecule has 0 rings (SSSR count). The first-order valence-electron chi connectivity index (χ1n) is 6.54. The Balaban J connectivity index is 0. The number of ketones is 1. The van der Waals surface area contributed by atoms with Gasteiger partial charge in [-0.3, -0.25) is 4.79 Å².